The molecule has 0 aliphatic heterocycles. The Morgan fingerprint density at radius 3 is 2.48 bits per heavy atom. The maximum absolute atomic E-state index is 6.13. The molecule has 0 saturated carbocycles. The van der Waals surface area contributed by atoms with Crippen LogP contribution in [0.1, 0.15) is 0 Å². The minimum absolute atomic E-state index is 0.210. The molecule has 1 aromatic heterocycles. The molecule has 0 fully saturated rings. The van der Waals surface area contributed by atoms with Crippen molar-refractivity contribution in [3.05, 3.63) is 58.8 Å². The number of anilines is 3. The monoisotopic (exact) mass is 376 g/mol. The van der Waals surface area contributed by atoms with Gasteiger partial charge in [0.2, 0.25) is 5.88 Å². The van der Waals surface area contributed by atoms with Gasteiger partial charge in [0.25, 0.3) is 0 Å². The summed E-state index contributed by atoms with van der Waals surface area (Å²) in [6, 6.07) is 12.3. The molecule has 25 heavy (non-hydrogen) atoms. The number of hydrogen-bond donors (Lipinski definition) is 2. The van der Waals surface area contributed by atoms with Crippen molar-refractivity contribution in [2.75, 3.05) is 18.2 Å². The van der Waals surface area contributed by atoms with Crippen LogP contribution in [0.25, 0.3) is 0 Å². The summed E-state index contributed by atoms with van der Waals surface area (Å²) in [5.41, 5.74) is 7.06. The van der Waals surface area contributed by atoms with E-state index in [1.807, 2.05) is 12.1 Å². The molecule has 1 heterocycles. The van der Waals surface area contributed by atoms with Crippen molar-refractivity contribution in [1.82, 2.24) is 9.97 Å². The maximum atomic E-state index is 6.13. The van der Waals surface area contributed by atoms with E-state index in [-0.39, 0.29) is 11.6 Å². The van der Waals surface area contributed by atoms with Gasteiger partial charge < -0.3 is 20.5 Å². The zero-order valence-corrected chi connectivity index (χ0v) is 14.7. The highest BCUT2D eigenvalue weighted by Gasteiger charge is 2.13. The van der Waals surface area contributed by atoms with E-state index in [0.717, 1.165) is 0 Å². The van der Waals surface area contributed by atoms with Crippen LogP contribution in [0.3, 0.4) is 0 Å². The van der Waals surface area contributed by atoms with E-state index in [1.54, 1.807) is 37.4 Å². The number of benzene rings is 2. The van der Waals surface area contributed by atoms with Crippen molar-refractivity contribution in [1.29, 1.82) is 0 Å². The highest BCUT2D eigenvalue weighted by Crippen LogP contribution is 2.35. The first-order valence-corrected chi connectivity index (χ1v) is 7.97. The maximum Gasteiger partial charge on any atom is 0.248 e. The number of nitrogens with zero attached hydrogens (tertiary/aromatic N) is 2. The van der Waals surface area contributed by atoms with Crippen molar-refractivity contribution in [2.24, 2.45) is 0 Å². The van der Waals surface area contributed by atoms with Crippen LogP contribution >= 0.6 is 23.2 Å². The summed E-state index contributed by atoms with van der Waals surface area (Å²) in [5.74, 6) is 1.66. The van der Waals surface area contributed by atoms with Gasteiger partial charge in [-0.3, -0.25) is 0 Å². The Bertz CT molecular complexity index is 906. The second kappa shape index (κ2) is 7.46. The lowest BCUT2D eigenvalue weighted by Gasteiger charge is -2.13. The third kappa shape index (κ3) is 3.87. The number of para-hydroxylation sites is 2. The molecule has 6 nitrogen and oxygen atoms in total. The lowest BCUT2D eigenvalue weighted by Crippen LogP contribution is -2.03. The summed E-state index contributed by atoms with van der Waals surface area (Å²) in [7, 11) is 1.56. The normalized spacial score (nSPS) is 10.4. The molecule has 0 aliphatic rings. The van der Waals surface area contributed by atoms with Crippen molar-refractivity contribution >= 4 is 40.4 Å². The second-order valence-electron chi connectivity index (χ2n) is 4.95. The molecule has 3 N–H and O–H groups in total. The average molecular weight is 377 g/mol. The van der Waals surface area contributed by atoms with Crippen molar-refractivity contribution in [3.63, 3.8) is 0 Å². The van der Waals surface area contributed by atoms with E-state index >= 15 is 0 Å². The number of nitrogen functional groups attached to an aromatic ring is 1. The van der Waals surface area contributed by atoms with Crippen LogP contribution < -0.4 is 20.5 Å². The number of rotatable bonds is 5. The number of nitrogens with two attached hydrogens (primary N) is 1. The molecule has 0 bridgehead atoms. The average Bonchev–Trinajstić information content (AvgIpc) is 2.62. The predicted molar refractivity (Wildman–Crippen MR) is 99.3 cm³/mol. The fourth-order valence-corrected chi connectivity index (χ4v) is 2.38. The number of methoxy groups -OCH3 is 1. The Hall–Kier alpha value is -2.70. The molecule has 3 rings (SSSR count). The smallest absolute Gasteiger partial charge is 0.248 e. The Morgan fingerprint density at radius 2 is 1.76 bits per heavy atom. The number of hydrogen-bond acceptors (Lipinski definition) is 6. The summed E-state index contributed by atoms with van der Waals surface area (Å²) in [4.78, 5) is 8.22. The number of aromatic nitrogens is 2. The summed E-state index contributed by atoms with van der Waals surface area (Å²) in [6.45, 7) is 0. The van der Waals surface area contributed by atoms with Gasteiger partial charge in [0.15, 0.2) is 17.3 Å². The van der Waals surface area contributed by atoms with Crippen LogP contribution in [0.5, 0.6) is 17.4 Å². The van der Waals surface area contributed by atoms with E-state index in [1.165, 1.54) is 6.33 Å². The summed E-state index contributed by atoms with van der Waals surface area (Å²) >= 11 is 11.9. The molecule has 0 saturated heterocycles. The Kier molecular flexibility index (Phi) is 5.11. The molecule has 0 aliphatic carbocycles. The molecule has 3 aromatic rings. The Labute approximate surface area is 154 Å². The SMILES string of the molecule is COc1ccccc1Oc1ncnc(Nc2ccc(Cl)c(Cl)c2)c1N. The summed E-state index contributed by atoms with van der Waals surface area (Å²) in [5, 5.41) is 3.95. The first-order chi connectivity index (χ1) is 12.1. The molecule has 128 valence electrons. The first-order valence-electron chi connectivity index (χ1n) is 7.22. The first kappa shape index (κ1) is 17.1. The zero-order chi connectivity index (χ0) is 17.8. The predicted octanol–water partition coefficient (Wildman–Crippen LogP) is 4.91. The highest BCUT2D eigenvalue weighted by atomic mass is 35.5. The van der Waals surface area contributed by atoms with E-state index in [0.29, 0.717) is 33.0 Å². The molecule has 0 amide bonds. The van der Waals surface area contributed by atoms with Crippen LogP contribution in [0, 0.1) is 0 Å². The quantitative estimate of drug-likeness (QED) is 0.658. The van der Waals surface area contributed by atoms with Gasteiger partial charge >= 0.3 is 0 Å². The van der Waals surface area contributed by atoms with Gasteiger partial charge in [-0.1, -0.05) is 35.3 Å². The van der Waals surface area contributed by atoms with Gasteiger partial charge in [0.1, 0.15) is 12.0 Å². The van der Waals surface area contributed by atoms with Crippen LogP contribution in [-0.4, -0.2) is 17.1 Å². The largest absolute Gasteiger partial charge is 0.493 e. The molecule has 0 radical (unpaired) electrons. The van der Waals surface area contributed by atoms with Crippen LogP contribution in [0.15, 0.2) is 48.8 Å². The minimum atomic E-state index is 0.210. The van der Waals surface area contributed by atoms with Gasteiger partial charge in [0.05, 0.1) is 17.2 Å². The third-order valence-electron chi connectivity index (χ3n) is 3.31. The number of halogens is 2. The Morgan fingerprint density at radius 1 is 1.00 bits per heavy atom. The van der Waals surface area contributed by atoms with Crippen LogP contribution in [0.2, 0.25) is 10.0 Å². The van der Waals surface area contributed by atoms with Gasteiger partial charge in [-0.25, -0.2) is 4.98 Å². The topological polar surface area (TPSA) is 82.3 Å². The molecular weight excluding hydrogens is 363 g/mol. The van der Waals surface area contributed by atoms with Crippen molar-refractivity contribution < 1.29 is 9.47 Å². The molecule has 0 unspecified atom stereocenters. The standard InChI is InChI=1S/C17H14Cl2N4O2/c1-24-13-4-2-3-5-14(13)25-17-15(20)16(21-9-22-17)23-10-6-7-11(18)12(19)8-10/h2-9H,20H2,1H3,(H,21,22,23). The van der Waals surface area contributed by atoms with E-state index in [2.05, 4.69) is 15.3 Å². The highest BCUT2D eigenvalue weighted by molar-refractivity contribution is 6.42. The van der Waals surface area contributed by atoms with Gasteiger partial charge in [-0.15, -0.1) is 0 Å². The number of nitrogens with one attached hydrogen (secondary N) is 1. The second-order valence-corrected chi connectivity index (χ2v) is 5.76. The lowest BCUT2D eigenvalue weighted by atomic mass is 10.3. The minimum Gasteiger partial charge on any atom is -0.493 e. The fraction of sp³-hybridized carbons (Fsp3) is 0.0588. The van der Waals surface area contributed by atoms with E-state index in [4.69, 9.17) is 38.4 Å². The zero-order valence-electron chi connectivity index (χ0n) is 13.2. The van der Waals surface area contributed by atoms with E-state index < -0.39 is 0 Å². The van der Waals surface area contributed by atoms with Crippen molar-refractivity contribution in [3.8, 4) is 17.4 Å². The molecule has 0 atom stereocenters. The lowest BCUT2D eigenvalue weighted by molar-refractivity contribution is 0.374. The summed E-state index contributed by atoms with van der Waals surface area (Å²) in [6.07, 6.45) is 1.35. The Balaban J connectivity index is 1.88. The summed E-state index contributed by atoms with van der Waals surface area (Å²) < 4.78 is 11.0. The molecule has 8 heteroatoms. The molecule has 2 aromatic carbocycles. The number of ether oxygens (including phenoxy) is 2. The molecule has 0 spiro atoms. The van der Waals surface area contributed by atoms with E-state index in [9.17, 15) is 0 Å². The fourth-order valence-electron chi connectivity index (χ4n) is 2.08. The molecular formula is C17H14Cl2N4O2. The van der Waals surface area contributed by atoms with Crippen molar-refractivity contribution in [2.45, 2.75) is 0 Å². The van der Waals surface area contributed by atoms with Gasteiger partial charge in [-0.2, -0.15) is 4.98 Å². The van der Waals surface area contributed by atoms with Gasteiger partial charge in [-0.05, 0) is 30.3 Å². The van der Waals surface area contributed by atoms with Crippen LogP contribution in [0.4, 0.5) is 17.2 Å². The third-order valence-corrected chi connectivity index (χ3v) is 4.04. The van der Waals surface area contributed by atoms with Crippen LogP contribution in [-0.2, 0) is 0 Å². The van der Waals surface area contributed by atoms with Gasteiger partial charge in [0, 0.05) is 5.69 Å².